The van der Waals surface area contributed by atoms with Gasteiger partial charge in [-0.05, 0) is 33.0 Å². The quantitative estimate of drug-likeness (QED) is 0.488. The van der Waals surface area contributed by atoms with E-state index in [2.05, 4.69) is 0 Å². The maximum Gasteiger partial charge on any atom is 0.509 e. The van der Waals surface area contributed by atoms with E-state index in [1.54, 1.807) is 7.11 Å². The van der Waals surface area contributed by atoms with Gasteiger partial charge in [-0.15, -0.1) is 0 Å². The topological polar surface area (TPSA) is 36.9 Å². The van der Waals surface area contributed by atoms with E-state index in [1.165, 1.54) is 0 Å². The predicted molar refractivity (Wildman–Crippen MR) is 65.0 cm³/mol. The van der Waals surface area contributed by atoms with Crippen LogP contribution in [0.4, 0.5) is 0 Å². The van der Waals surface area contributed by atoms with Crippen LogP contribution in [-0.2, 0) is 18.0 Å². The van der Waals surface area contributed by atoms with Gasteiger partial charge in [0.1, 0.15) is 0 Å². The summed E-state index contributed by atoms with van der Waals surface area (Å²) in [6, 6.07) is 0.439. The van der Waals surface area contributed by atoms with Crippen LogP contribution in [-0.4, -0.2) is 40.8 Å². The van der Waals surface area contributed by atoms with E-state index in [0.717, 1.165) is 0 Å². The molecule has 90 valence electrons. The number of ether oxygens (including phenoxy) is 1. The third-order valence-corrected chi connectivity index (χ3v) is 5.19. The Kier molecular flexibility index (Phi) is 8.17. The highest BCUT2D eigenvalue weighted by atomic mass is 32.1. The van der Waals surface area contributed by atoms with Crippen molar-refractivity contribution in [1.82, 2.24) is 0 Å². The molecule has 0 aliphatic rings. The lowest BCUT2D eigenvalue weighted by atomic mass is 10.8. The molecule has 0 aliphatic carbocycles. The summed E-state index contributed by atoms with van der Waals surface area (Å²) in [7, 11) is -1.10. The number of rotatable bonds is 8. The molecule has 4 nitrogen and oxygen atoms in total. The molecule has 6 heteroatoms. The highest BCUT2D eigenvalue weighted by Crippen LogP contribution is 2.17. The number of methoxy groups -OCH3 is 1. The summed E-state index contributed by atoms with van der Waals surface area (Å²) >= 11 is 5.02. The first-order valence-corrected chi connectivity index (χ1v) is 7.46. The minimum atomic E-state index is -2.65. The fourth-order valence-electron chi connectivity index (χ4n) is 1.19. The van der Waals surface area contributed by atoms with Crippen molar-refractivity contribution in [2.45, 2.75) is 26.8 Å². The zero-order chi connectivity index (χ0) is 11.7. The van der Waals surface area contributed by atoms with Gasteiger partial charge in [0.2, 0.25) is 0 Å². The summed E-state index contributed by atoms with van der Waals surface area (Å²) in [6.45, 7) is 7.40. The Morgan fingerprint density at radius 1 is 1.00 bits per heavy atom. The van der Waals surface area contributed by atoms with E-state index in [4.69, 9.17) is 30.2 Å². The molecule has 0 heterocycles. The Hall–Kier alpha value is -0.0131. The minimum absolute atomic E-state index is 0.439. The normalized spacial score (nSPS) is 11.5. The smallest absolute Gasteiger partial charge is 0.490 e. The van der Waals surface area contributed by atoms with Gasteiger partial charge in [-0.1, -0.05) is 0 Å². The molecule has 0 aromatic heterocycles. The van der Waals surface area contributed by atoms with Gasteiger partial charge in [0.05, 0.1) is 13.2 Å². The molecule has 0 aromatic carbocycles. The average molecular weight is 252 g/mol. The van der Waals surface area contributed by atoms with Crippen molar-refractivity contribution < 1.29 is 18.0 Å². The molecule has 0 amide bonds. The fourth-order valence-corrected chi connectivity index (χ4v) is 4.09. The lowest BCUT2D eigenvalue weighted by Gasteiger charge is -2.28. The fraction of sp³-hybridized carbons (Fsp3) is 0.889. The molecule has 0 rings (SSSR count). The molecule has 15 heavy (non-hydrogen) atoms. The van der Waals surface area contributed by atoms with Crippen LogP contribution in [0.25, 0.3) is 0 Å². The third-order valence-electron chi connectivity index (χ3n) is 1.68. The van der Waals surface area contributed by atoms with Gasteiger partial charge in [-0.2, -0.15) is 0 Å². The van der Waals surface area contributed by atoms with Crippen molar-refractivity contribution in [2.24, 2.45) is 0 Å². The first-order valence-electron chi connectivity index (χ1n) is 5.12. The standard InChI is InChI=1S/C9H20O4SSi/c1-5-11-15(12-6-2,13-7-3)8-9(14)10-4/h5-8H2,1-4H3. The van der Waals surface area contributed by atoms with Crippen LogP contribution in [0.1, 0.15) is 20.8 Å². The van der Waals surface area contributed by atoms with Gasteiger partial charge in [0.25, 0.3) is 0 Å². The third kappa shape index (κ3) is 5.57. The summed E-state index contributed by atoms with van der Waals surface area (Å²) in [5.41, 5.74) is 0. The molecule has 0 unspecified atom stereocenters. The highest BCUT2D eigenvalue weighted by molar-refractivity contribution is 7.80. The zero-order valence-electron chi connectivity index (χ0n) is 9.87. The van der Waals surface area contributed by atoms with Crippen LogP contribution in [0.3, 0.4) is 0 Å². The highest BCUT2D eigenvalue weighted by Gasteiger charge is 2.42. The molecule has 0 atom stereocenters. The monoisotopic (exact) mass is 252 g/mol. The van der Waals surface area contributed by atoms with E-state index in [0.29, 0.717) is 30.9 Å². The van der Waals surface area contributed by atoms with Crippen molar-refractivity contribution in [3.05, 3.63) is 0 Å². The average Bonchev–Trinajstić information content (AvgIpc) is 2.18. The lowest BCUT2D eigenvalue weighted by Crippen LogP contribution is -2.47. The minimum Gasteiger partial charge on any atom is -0.490 e. The second kappa shape index (κ2) is 8.18. The predicted octanol–water partition coefficient (Wildman–Crippen LogP) is 2.01. The van der Waals surface area contributed by atoms with Crippen molar-refractivity contribution >= 4 is 26.1 Å². The van der Waals surface area contributed by atoms with Crippen molar-refractivity contribution in [3.63, 3.8) is 0 Å². The van der Waals surface area contributed by atoms with Gasteiger partial charge < -0.3 is 18.0 Å². The van der Waals surface area contributed by atoms with Crippen LogP contribution < -0.4 is 0 Å². The van der Waals surface area contributed by atoms with Crippen LogP contribution in [0, 0.1) is 0 Å². The van der Waals surface area contributed by atoms with E-state index in [9.17, 15) is 0 Å². The summed E-state index contributed by atoms with van der Waals surface area (Å²) in [5, 5.41) is 0.469. The Balaban J connectivity index is 4.51. The van der Waals surface area contributed by atoms with E-state index in [1.807, 2.05) is 20.8 Å². The largest absolute Gasteiger partial charge is 0.509 e. The molecule has 0 aliphatic heterocycles. The summed E-state index contributed by atoms with van der Waals surface area (Å²) in [5.74, 6) is 0. The Bertz CT molecular complexity index is 172. The van der Waals surface area contributed by atoms with E-state index >= 15 is 0 Å². The van der Waals surface area contributed by atoms with Gasteiger partial charge >= 0.3 is 8.80 Å². The zero-order valence-corrected chi connectivity index (χ0v) is 11.7. The molecule has 0 aromatic rings. The van der Waals surface area contributed by atoms with Gasteiger partial charge in [0, 0.05) is 19.8 Å². The Morgan fingerprint density at radius 2 is 1.40 bits per heavy atom. The summed E-state index contributed by atoms with van der Waals surface area (Å²) in [6.07, 6.45) is 0. The molecule has 0 bridgehead atoms. The Labute approximate surface area is 98.2 Å². The molecule has 0 N–H and O–H groups in total. The Morgan fingerprint density at radius 3 is 1.67 bits per heavy atom. The second-order valence-electron chi connectivity index (χ2n) is 2.73. The van der Waals surface area contributed by atoms with E-state index in [-0.39, 0.29) is 0 Å². The van der Waals surface area contributed by atoms with Crippen LogP contribution in [0.15, 0.2) is 0 Å². The molecular formula is C9H20O4SSi. The number of thiocarbonyl (C=S) groups is 1. The van der Waals surface area contributed by atoms with Crippen molar-refractivity contribution in [2.75, 3.05) is 26.9 Å². The second-order valence-corrected chi connectivity index (χ2v) is 5.78. The molecule has 0 saturated heterocycles. The lowest BCUT2D eigenvalue weighted by molar-refractivity contribution is 0.0743. The van der Waals surface area contributed by atoms with Gasteiger partial charge in [0.15, 0.2) is 5.05 Å². The maximum absolute atomic E-state index is 5.61. The van der Waals surface area contributed by atoms with Gasteiger partial charge in [-0.3, -0.25) is 0 Å². The van der Waals surface area contributed by atoms with Gasteiger partial charge in [-0.25, -0.2) is 0 Å². The number of hydrogen-bond acceptors (Lipinski definition) is 5. The molecular weight excluding hydrogens is 232 g/mol. The van der Waals surface area contributed by atoms with Crippen LogP contribution >= 0.6 is 12.2 Å². The maximum atomic E-state index is 5.61. The van der Waals surface area contributed by atoms with Crippen molar-refractivity contribution in [1.29, 1.82) is 0 Å². The van der Waals surface area contributed by atoms with Crippen molar-refractivity contribution in [3.8, 4) is 0 Å². The SMILES string of the molecule is CCO[Si](CC(=S)OC)(OCC)OCC. The summed E-state index contributed by atoms with van der Waals surface area (Å²) < 4.78 is 21.8. The first-order chi connectivity index (χ1) is 7.14. The molecule has 0 saturated carbocycles. The van der Waals surface area contributed by atoms with E-state index < -0.39 is 8.80 Å². The number of hydrogen-bond donors (Lipinski definition) is 0. The summed E-state index contributed by atoms with van der Waals surface area (Å²) in [4.78, 5) is 0. The van der Waals surface area contributed by atoms with Crippen LogP contribution in [0.2, 0.25) is 6.04 Å². The first kappa shape index (κ1) is 15.0. The molecule has 0 fully saturated rings. The van der Waals surface area contributed by atoms with Crippen LogP contribution in [0.5, 0.6) is 0 Å². The molecule has 0 spiro atoms. The molecule has 0 radical (unpaired) electrons.